The quantitative estimate of drug-likeness (QED) is 0.368. The van der Waals surface area contributed by atoms with E-state index in [0.717, 1.165) is 0 Å². The van der Waals surface area contributed by atoms with Crippen LogP contribution in [-0.4, -0.2) is 0 Å². The number of hydrogen-bond donors (Lipinski definition) is 0. The molecule has 0 aliphatic rings. The summed E-state index contributed by atoms with van der Waals surface area (Å²) in [6.45, 7) is 0. The fourth-order valence-corrected chi connectivity index (χ4v) is 0.342. The molecule has 10 heavy (non-hydrogen) atoms. The van der Waals surface area contributed by atoms with E-state index in [9.17, 15) is 0 Å². The van der Waals surface area contributed by atoms with Crippen molar-refractivity contribution in [2.75, 3.05) is 0 Å². The van der Waals surface area contributed by atoms with Crippen LogP contribution in [0.4, 0.5) is 0 Å². The Labute approximate surface area is 89.4 Å². The van der Waals surface area contributed by atoms with E-state index in [4.69, 9.17) is 0 Å². The molecule has 1 rings (SSSR count). The molecule has 0 amide bonds. The van der Waals surface area contributed by atoms with Gasteiger partial charge in [-0.1, -0.05) is 0 Å². The molecule has 0 nitrogen and oxygen atoms in total. The molecule has 0 heterocycles. The van der Waals surface area contributed by atoms with Crippen molar-refractivity contribution in [3.05, 3.63) is 51.3 Å². The molecule has 0 unspecified atom stereocenters. The maximum absolute atomic E-state index is 2.89. The van der Waals surface area contributed by atoms with Gasteiger partial charge in [0.15, 0.2) is 0 Å². The van der Waals surface area contributed by atoms with Crippen molar-refractivity contribution in [2.24, 2.45) is 0 Å². The van der Waals surface area contributed by atoms with E-state index < -0.39 is 0 Å². The van der Waals surface area contributed by atoms with E-state index in [1.165, 1.54) is 0 Å². The predicted octanol–water partition coefficient (Wildman–Crippen LogP) is -0.611. The van der Waals surface area contributed by atoms with E-state index in [-0.39, 0.29) is 53.2 Å². The Morgan fingerprint density at radius 3 is 1.30 bits per heavy atom. The Bertz CT molecular complexity index is 81.2. The summed E-state index contributed by atoms with van der Waals surface area (Å²) in [5.74, 6) is 0. The summed E-state index contributed by atoms with van der Waals surface area (Å²) in [5, 5.41) is 0. The third-order valence-electron chi connectivity index (χ3n) is 0.607. The molecular weight excluding hydrogens is 168 g/mol. The molecule has 1 aromatic carbocycles. The summed E-state index contributed by atoms with van der Waals surface area (Å²) < 4.78 is 0. The molecule has 46 valence electrons. The molecular formula is C8H11LiZn. The van der Waals surface area contributed by atoms with Crippen LogP contribution in [0.3, 0.4) is 0 Å². The Balaban J connectivity index is -0.0000000450. The molecule has 0 N–H and O–H groups in total. The zero-order valence-electron chi connectivity index (χ0n) is 7.09. The van der Waals surface area contributed by atoms with Crippen molar-refractivity contribution < 1.29 is 38.3 Å². The van der Waals surface area contributed by atoms with E-state index in [1.807, 2.05) is 30.3 Å². The first-order valence-electron chi connectivity index (χ1n) is 1.91. The first-order valence-corrected chi connectivity index (χ1v) is 1.91. The minimum Gasteiger partial charge on any atom is -0.358 e. The van der Waals surface area contributed by atoms with Crippen LogP contribution in [0.5, 0.6) is 0 Å². The van der Waals surface area contributed by atoms with Gasteiger partial charge < -0.3 is 14.9 Å². The summed E-state index contributed by atoms with van der Waals surface area (Å²) in [7, 11) is 0. The van der Waals surface area contributed by atoms with E-state index >= 15 is 0 Å². The van der Waals surface area contributed by atoms with Crippen molar-refractivity contribution in [3.8, 4) is 0 Å². The smallest absolute Gasteiger partial charge is 0.358 e. The van der Waals surface area contributed by atoms with Gasteiger partial charge in [0, 0.05) is 0 Å². The Hall–Kier alpha value is 0.441. The molecule has 2 heteroatoms. The van der Waals surface area contributed by atoms with Gasteiger partial charge in [-0.15, -0.1) is 0 Å². The van der Waals surface area contributed by atoms with Gasteiger partial charge >= 0.3 is 38.3 Å². The van der Waals surface area contributed by atoms with E-state index in [2.05, 4.69) is 6.07 Å². The molecule has 0 radical (unpaired) electrons. The molecule has 0 aliphatic carbocycles. The topological polar surface area (TPSA) is 0 Å². The SMILES string of the molecule is [CH3-].[CH3-].[Li+].[Zn+2].[c-]1ccccc1. The van der Waals surface area contributed by atoms with Crippen LogP contribution in [0, 0.1) is 20.9 Å². The fourth-order valence-electron chi connectivity index (χ4n) is 0.342. The molecule has 0 fully saturated rings. The molecule has 0 saturated carbocycles. The van der Waals surface area contributed by atoms with Crippen molar-refractivity contribution in [2.45, 2.75) is 0 Å². The second-order valence-corrected chi connectivity index (χ2v) is 1.08. The largest absolute Gasteiger partial charge is 2.00 e. The molecule has 1 aromatic rings. The zero-order valence-corrected chi connectivity index (χ0v) is 10.1. The van der Waals surface area contributed by atoms with Crippen LogP contribution in [-0.2, 0) is 19.5 Å². The number of benzene rings is 1. The summed E-state index contributed by atoms with van der Waals surface area (Å²) in [5.41, 5.74) is 0. The van der Waals surface area contributed by atoms with Crippen LogP contribution in [0.25, 0.3) is 0 Å². The van der Waals surface area contributed by atoms with Crippen molar-refractivity contribution in [3.63, 3.8) is 0 Å². The summed E-state index contributed by atoms with van der Waals surface area (Å²) >= 11 is 0. The van der Waals surface area contributed by atoms with Crippen molar-refractivity contribution >= 4 is 0 Å². The van der Waals surface area contributed by atoms with Gasteiger partial charge in [0.1, 0.15) is 0 Å². The third-order valence-corrected chi connectivity index (χ3v) is 0.607. The Kier molecular flexibility index (Phi) is 36.4. The van der Waals surface area contributed by atoms with Gasteiger partial charge in [-0.05, 0) is 0 Å². The Morgan fingerprint density at radius 2 is 1.20 bits per heavy atom. The van der Waals surface area contributed by atoms with Crippen LogP contribution < -0.4 is 18.9 Å². The maximum Gasteiger partial charge on any atom is 2.00 e. The van der Waals surface area contributed by atoms with Gasteiger partial charge in [0.05, 0.1) is 0 Å². The number of hydrogen-bond acceptors (Lipinski definition) is 0. The molecule has 0 aliphatic heterocycles. The van der Waals surface area contributed by atoms with Crippen molar-refractivity contribution in [1.82, 2.24) is 0 Å². The monoisotopic (exact) mass is 178 g/mol. The van der Waals surface area contributed by atoms with E-state index in [1.54, 1.807) is 0 Å². The summed E-state index contributed by atoms with van der Waals surface area (Å²) in [6, 6.07) is 12.5. The van der Waals surface area contributed by atoms with Gasteiger partial charge in [0.2, 0.25) is 0 Å². The van der Waals surface area contributed by atoms with Crippen LogP contribution in [0.2, 0.25) is 0 Å². The van der Waals surface area contributed by atoms with Crippen LogP contribution in [0.15, 0.2) is 30.3 Å². The Morgan fingerprint density at radius 1 is 0.800 bits per heavy atom. The minimum absolute atomic E-state index is 0. The fraction of sp³-hybridized carbons (Fsp3) is 0. The molecule has 0 bridgehead atoms. The second kappa shape index (κ2) is 16.2. The van der Waals surface area contributed by atoms with E-state index in [0.29, 0.717) is 0 Å². The molecule has 0 atom stereocenters. The van der Waals surface area contributed by atoms with Gasteiger partial charge in [-0.2, -0.15) is 36.4 Å². The molecule has 0 aromatic heterocycles. The van der Waals surface area contributed by atoms with Gasteiger partial charge in [0.25, 0.3) is 0 Å². The third kappa shape index (κ3) is 11.3. The van der Waals surface area contributed by atoms with Crippen molar-refractivity contribution in [1.29, 1.82) is 0 Å². The molecule has 0 saturated heterocycles. The average molecular weight is 180 g/mol. The predicted molar refractivity (Wildman–Crippen MR) is 38.1 cm³/mol. The zero-order chi connectivity index (χ0) is 4.24. The first kappa shape index (κ1) is 22.4. The summed E-state index contributed by atoms with van der Waals surface area (Å²) in [6.07, 6.45) is 0. The number of rotatable bonds is 0. The maximum atomic E-state index is 2.89. The normalized spacial score (nSPS) is 4.80. The second-order valence-electron chi connectivity index (χ2n) is 1.08. The first-order chi connectivity index (χ1) is 3.00. The standard InChI is InChI=1S/C6H5.2CH3.Li.Zn/c1-2-4-6-5-3-1;;;;/h1-5H;2*1H3;;/q3*-1;+1;+2. The van der Waals surface area contributed by atoms with Crippen LogP contribution in [0.1, 0.15) is 0 Å². The van der Waals surface area contributed by atoms with Crippen LogP contribution >= 0.6 is 0 Å². The van der Waals surface area contributed by atoms with Gasteiger partial charge in [-0.25, -0.2) is 0 Å². The summed E-state index contributed by atoms with van der Waals surface area (Å²) in [4.78, 5) is 0. The average Bonchev–Trinajstić information content (AvgIpc) is 1.72. The minimum atomic E-state index is 0. The van der Waals surface area contributed by atoms with Gasteiger partial charge in [-0.3, -0.25) is 0 Å². The molecule has 0 spiro atoms.